The second-order valence-corrected chi connectivity index (χ2v) is 4.60. The Kier molecular flexibility index (Phi) is 6.39. The van der Waals surface area contributed by atoms with E-state index in [0.29, 0.717) is 19.8 Å². The Morgan fingerprint density at radius 2 is 2.00 bits per heavy atom. The predicted molar refractivity (Wildman–Crippen MR) is 71.9 cm³/mol. The molecule has 0 radical (unpaired) electrons. The Morgan fingerprint density at radius 1 is 1.33 bits per heavy atom. The van der Waals surface area contributed by atoms with E-state index < -0.39 is 6.04 Å². The number of ether oxygens (including phenoxy) is 1. The van der Waals surface area contributed by atoms with Crippen molar-refractivity contribution < 1.29 is 9.53 Å². The Morgan fingerprint density at radius 3 is 2.61 bits per heavy atom. The van der Waals surface area contributed by atoms with Crippen molar-refractivity contribution in [1.29, 1.82) is 0 Å². The van der Waals surface area contributed by atoms with Crippen LogP contribution >= 0.6 is 0 Å². The fourth-order valence-corrected chi connectivity index (χ4v) is 1.43. The summed E-state index contributed by atoms with van der Waals surface area (Å²) in [5.41, 5.74) is 6.84. The molecule has 0 saturated heterocycles. The average Bonchev–Trinajstić information content (AvgIpc) is 2.38. The number of nitrogens with one attached hydrogen (secondary N) is 1. The Labute approximate surface area is 109 Å². The molecule has 0 aliphatic heterocycles. The zero-order valence-corrected chi connectivity index (χ0v) is 11.1. The van der Waals surface area contributed by atoms with Gasteiger partial charge >= 0.3 is 0 Å². The van der Waals surface area contributed by atoms with Crippen LogP contribution in [0.3, 0.4) is 0 Å². The van der Waals surface area contributed by atoms with Gasteiger partial charge in [0.15, 0.2) is 0 Å². The highest BCUT2D eigenvalue weighted by molar-refractivity contribution is 5.81. The van der Waals surface area contributed by atoms with E-state index in [1.54, 1.807) is 0 Å². The quantitative estimate of drug-likeness (QED) is 0.717. The molecule has 1 unspecified atom stereocenters. The highest BCUT2D eigenvalue weighted by Crippen LogP contribution is 2.00. The van der Waals surface area contributed by atoms with Gasteiger partial charge in [-0.15, -0.1) is 0 Å². The summed E-state index contributed by atoms with van der Waals surface area (Å²) in [4.78, 5) is 11.5. The molecule has 0 spiro atoms. The van der Waals surface area contributed by atoms with Gasteiger partial charge in [0.25, 0.3) is 0 Å². The Bertz CT molecular complexity index is 352. The van der Waals surface area contributed by atoms with Crippen LogP contribution in [0.4, 0.5) is 0 Å². The maximum absolute atomic E-state index is 11.5. The number of hydrogen-bond acceptors (Lipinski definition) is 3. The zero-order chi connectivity index (χ0) is 13.4. The lowest BCUT2D eigenvalue weighted by atomic mass is 10.1. The molecule has 1 amide bonds. The maximum atomic E-state index is 11.5. The summed E-state index contributed by atoms with van der Waals surface area (Å²) < 4.78 is 5.45. The minimum Gasteiger partial charge on any atom is -0.375 e. The number of carbonyl (C=O) groups is 1. The summed E-state index contributed by atoms with van der Waals surface area (Å²) >= 11 is 0. The number of carbonyl (C=O) groups excluding carboxylic acids is 1. The second kappa shape index (κ2) is 7.84. The lowest BCUT2D eigenvalue weighted by molar-refractivity contribution is -0.123. The smallest absolute Gasteiger partial charge is 0.237 e. The number of amides is 1. The number of rotatable bonds is 7. The first-order valence-corrected chi connectivity index (χ1v) is 6.26. The summed E-state index contributed by atoms with van der Waals surface area (Å²) in [6.45, 7) is 5.40. The molecule has 0 aliphatic carbocycles. The molecule has 4 heteroatoms. The van der Waals surface area contributed by atoms with Crippen LogP contribution in [0.5, 0.6) is 0 Å². The second-order valence-electron chi connectivity index (χ2n) is 4.60. The molecule has 3 N–H and O–H groups in total. The van der Waals surface area contributed by atoms with Crippen LogP contribution in [0.2, 0.25) is 0 Å². The Balaban J connectivity index is 2.11. The number of hydrogen-bond donors (Lipinski definition) is 2. The van der Waals surface area contributed by atoms with Crippen molar-refractivity contribution in [2.75, 3.05) is 13.2 Å². The molecule has 1 rings (SSSR count). The third-order valence-electron chi connectivity index (χ3n) is 2.68. The van der Waals surface area contributed by atoms with Gasteiger partial charge in [-0.05, 0) is 11.5 Å². The van der Waals surface area contributed by atoms with Crippen molar-refractivity contribution in [3.63, 3.8) is 0 Å². The van der Waals surface area contributed by atoms with E-state index in [4.69, 9.17) is 10.5 Å². The summed E-state index contributed by atoms with van der Waals surface area (Å²) in [6.07, 6.45) is 0. The van der Waals surface area contributed by atoms with Crippen LogP contribution in [0.15, 0.2) is 30.3 Å². The van der Waals surface area contributed by atoms with Gasteiger partial charge in [-0.3, -0.25) is 4.79 Å². The van der Waals surface area contributed by atoms with Crippen molar-refractivity contribution in [3.05, 3.63) is 35.9 Å². The monoisotopic (exact) mass is 250 g/mol. The van der Waals surface area contributed by atoms with E-state index in [-0.39, 0.29) is 11.8 Å². The van der Waals surface area contributed by atoms with Gasteiger partial charge in [-0.2, -0.15) is 0 Å². The van der Waals surface area contributed by atoms with Crippen molar-refractivity contribution in [3.8, 4) is 0 Å². The standard InChI is InChI=1S/C14H22N2O2/c1-11(2)13(15)14(17)16-8-9-18-10-12-6-4-3-5-7-12/h3-7,11,13H,8-10,15H2,1-2H3,(H,16,17). The van der Waals surface area contributed by atoms with Crippen LogP contribution in [-0.2, 0) is 16.1 Å². The molecular weight excluding hydrogens is 228 g/mol. The summed E-state index contributed by atoms with van der Waals surface area (Å²) in [5.74, 6) is 0.0311. The summed E-state index contributed by atoms with van der Waals surface area (Å²) in [6, 6.07) is 9.49. The van der Waals surface area contributed by atoms with Crippen LogP contribution in [0.25, 0.3) is 0 Å². The molecule has 0 saturated carbocycles. The van der Waals surface area contributed by atoms with Crippen molar-refractivity contribution >= 4 is 5.91 Å². The molecular formula is C14H22N2O2. The fraction of sp³-hybridized carbons (Fsp3) is 0.500. The molecule has 100 valence electrons. The van der Waals surface area contributed by atoms with E-state index >= 15 is 0 Å². The molecule has 18 heavy (non-hydrogen) atoms. The first-order valence-electron chi connectivity index (χ1n) is 6.26. The van der Waals surface area contributed by atoms with E-state index in [1.807, 2.05) is 44.2 Å². The molecule has 1 atom stereocenters. The topological polar surface area (TPSA) is 64.4 Å². The normalized spacial score (nSPS) is 12.4. The highest BCUT2D eigenvalue weighted by atomic mass is 16.5. The highest BCUT2D eigenvalue weighted by Gasteiger charge is 2.15. The summed E-state index contributed by atoms with van der Waals surface area (Å²) in [7, 11) is 0. The Hall–Kier alpha value is -1.39. The average molecular weight is 250 g/mol. The largest absolute Gasteiger partial charge is 0.375 e. The lowest BCUT2D eigenvalue weighted by Gasteiger charge is -2.15. The van der Waals surface area contributed by atoms with Gasteiger partial charge in [0.1, 0.15) is 0 Å². The molecule has 4 nitrogen and oxygen atoms in total. The van der Waals surface area contributed by atoms with E-state index in [9.17, 15) is 4.79 Å². The minimum absolute atomic E-state index is 0.117. The van der Waals surface area contributed by atoms with Gasteiger partial charge in [-0.1, -0.05) is 44.2 Å². The zero-order valence-electron chi connectivity index (χ0n) is 11.1. The minimum atomic E-state index is -0.445. The third-order valence-corrected chi connectivity index (χ3v) is 2.68. The number of nitrogens with two attached hydrogens (primary N) is 1. The SMILES string of the molecule is CC(C)C(N)C(=O)NCCOCc1ccccc1. The van der Waals surface area contributed by atoms with Gasteiger partial charge in [0.05, 0.1) is 19.3 Å². The van der Waals surface area contributed by atoms with Gasteiger partial charge < -0.3 is 15.8 Å². The number of benzene rings is 1. The first-order chi connectivity index (χ1) is 8.61. The molecule has 1 aromatic carbocycles. The molecule has 0 aliphatic rings. The molecule has 0 heterocycles. The molecule has 1 aromatic rings. The molecule has 0 fully saturated rings. The maximum Gasteiger partial charge on any atom is 0.237 e. The van der Waals surface area contributed by atoms with Gasteiger partial charge in [-0.25, -0.2) is 0 Å². The molecule has 0 bridgehead atoms. The van der Waals surface area contributed by atoms with Crippen molar-refractivity contribution in [1.82, 2.24) is 5.32 Å². The van der Waals surface area contributed by atoms with E-state index in [0.717, 1.165) is 5.56 Å². The summed E-state index contributed by atoms with van der Waals surface area (Å²) in [5, 5.41) is 2.76. The van der Waals surface area contributed by atoms with Gasteiger partial charge in [0.2, 0.25) is 5.91 Å². The van der Waals surface area contributed by atoms with Crippen LogP contribution in [0, 0.1) is 5.92 Å². The van der Waals surface area contributed by atoms with Crippen LogP contribution in [0.1, 0.15) is 19.4 Å². The van der Waals surface area contributed by atoms with Gasteiger partial charge in [0, 0.05) is 6.54 Å². The fourth-order valence-electron chi connectivity index (χ4n) is 1.43. The van der Waals surface area contributed by atoms with E-state index in [2.05, 4.69) is 5.32 Å². The predicted octanol–water partition coefficient (Wildman–Crippen LogP) is 1.30. The first kappa shape index (κ1) is 14.7. The van der Waals surface area contributed by atoms with E-state index in [1.165, 1.54) is 0 Å². The molecule has 0 aromatic heterocycles. The third kappa shape index (κ3) is 5.29. The van der Waals surface area contributed by atoms with Crippen molar-refractivity contribution in [2.45, 2.75) is 26.5 Å². The van der Waals surface area contributed by atoms with Crippen LogP contribution < -0.4 is 11.1 Å². The lowest BCUT2D eigenvalue weighted by Crippen LogP contribution is -2.44. The van der Waals surface area contributed by atoms with Crippen LogP contribution in [-0.4, -0.2) is 25.1 Å². The van der Waals surface area contributed by atoms with Crippen molar-refractivity contribution in [2.24, 2.45) is 11.7 Å².